The summed E-state index contributed by atoms with van der Waals surface area (Å²) in [5.41, 5.74) is 0.642. The molecule has 2 aromatic heterocycles. The molecule has 0 bridgehead atoms. The van der Waals surface area contributed by atoms with Crippen LogP contribution < -0.4 is 0 Å². The van der Waals surface area contributed by atoms with E-state index in [9.17, 15) is 0 Å². The highest BCUT2D eigenvalue weighted by Crippen LogP contribution is 2.35. The quantitative estimate of drug-likeness (QED) is 0.863. The third-order valence-corrected chi connectivity index (χ3v) is 5.09. The maximum atomic E-state index is 5.91. The molecular weight excluding hydrogens is 290 g/mol. The Morgan fingerprint density at radius 1 is 1.04 bits per heavy atom. The molecule has 6 heteroatoms. The van der Waals surface area contributed by atoms with Crippen molar-refractivity contribution in [2.24, 2.45) is 5.92 Å². The van der Waals surface area contributed by atoms with Crippen molar-refractivity contribution in [1.82, 2.24) is 25.1 Å². The van der Waals surface area contributed by atoms with Crippen molar-refractivity contribution in [1.29, 1.82) is 0 Å². The van der Waals surface area contributed by atoms with Crippen molar-refractivity contribution in [2.45, 2.75) is 51.0 Å². The molecule has 0 unspecified atom stereocenters. The maximum Gasteiger partial charge on any atom is 0.267 e. The first kappa shape index (κ1) is 14.8. The molecule has 0 radical (unpaired) electrons. The monoisotopic (exact) mass is 313 g/mol. The highest BCUT2D eigenvalue weighted by atomic mass is 16.4. The fourth-order valence-corrected chi connectivity index (χ4v) is 3.91. The smallest absolute Gasteiger partial charge is 0.267 e. The zero-order valence-electron chi connectivity index (χ0n) is 13.4. The lowest BCUT2D eigenvalue weighted by Crippen LogP contribution is -2.30. The summed E-state index contributed by atoms with van der Waals surface area (Å²) < 4.78 is 5.91. The van der Waals surface area contributed by atoms with E-state index in [0.717, 1.165) is 24.8 Å². The van der Waals surface area contributed by atoms with Gasteiger partial charge in [0, 0.05) is 18.9 Å². The Kier molecular flexibility index (Phi) is 4.33. The van der Waals surface area contributed by atoms with Crippen LogP contribution in [0, 0.1) is 5.92 Å². The second-order valence-corrected chi connectivity index (χ2v) is 6.69. The first-order valence-electron chi connectivity index (χ1n) is 8.74. The van der Waals surface area contributed by atoms with E-state index in [1.165, 1.54) is 45.1 Å². The fourth-order valence-electron chi connectivity index (χ4n) is 3.91. The fraction of sp³-hybridized carbons (Fsp3) is 0.647. The van der Waals surface area contributed by atoms with Gasteiger partial charge in [0.2, 0.25) is 5.89 Å². The topological polar surface area (TPSA) is 67.9 Å². The second-order valence-electron chi connectivity index (χ2n) is 6.69. The lowest BCUT2D eigenvalue weighted by atomic mass is 9.89. The van der Waals surface area contributed by atoms with Crippen LogP contribution in [0.4, 0.5) is 0 Å². The Morgan fingerprint density at radius 2 is 1.96 bits per heavy atom. The maximum absolute atomic E-state index is 5.91. The molecule has 2 aliphatic rings. The van der Waals surface area contributed by atoms with Crippen LogP contribution in [0.2, 0.25) is 0 Å². The normalized spacial score (nSPS) is 23.4. The van der Waals surface area contributed by atoms with E-state index in [1.807, 2.05) is 0 Å². The Bertz CT molecular complexity index is 623. The molecule has 0 spiro atoms. The molecule has 3 heterocycles. The third-order valence-electron chi connectivity index (χ3n) is 5.09. The number of hydrogen-bond acceptors (Lipinski definition) is 6. The number of rotatable bonds is 4. The van der Waals surface area contributed by atoms with Gasteiger partial charge >= 0.3 is 0 Å². The summed E-state index contributed by atoms with van der Waals surface area (Å²) in [4.78, 5) is 10.8. The Balaban J connectivity index is 1.47. The molecule has 1 saturated heterocycles. The average Bonchev–Trinajstić information content (AvgIpc) is 3.25. The van der Waals surface area contributed by atoms with Gasteiger partial charge in [0.25, 0.3) is 5.89 Å². The second kappa shape index (κ2) is 6.74. The first-order valence-corrected chi connectivity index (χ1v) is 8.74. The van der Waals surface area contributed by atoms with Gasteiger partial charge in [-0.2, -0.15) is 0 Å². The van der Waals surface area contributed by atoms with Crippen LogP contribution in [0.25, 0.3) is 11.6 Å². The van der Waals surface area contributed by atoms with Gasteiger partial charge in [-0.05, 0) is 38.1 Å². The van der Waals surface area contributed by atoms with Gasteiger partial charge in [-0.3, -0.25) is 9.88 Å². The van der Waals surface area contributed by atoms with Crippen LogP contribution in [0.1, 0.15) is 56.9 Å². The van der Waals surface area contributed by atoms with Crippen molar-refractivity contribution in [3.05, 3.63) is 24.5 Å². The lowest BCUT2D eigenvalue weighted by Gasteiger charge is -2.29. The molecule has 1 atom stereocenters. The van der Waals surface area contributed by atoms with Crippen LogP contribution in [-0.2, 0) is 0 Å². The molecule has 122 valence electrons. The number of aromatic nitrogens is 4. The summed E-state index contributed by atoms with van der Waals surface area (Å²) in [7, 11) is 0. The Hall–Kier alpha value is -1.82. The zero-order chi connectivity index (χ0) is 15.5. The first-order chi connectivity index (χ1) is 11.4. The molecule has 1 aliphatic carbocycles. The third kappa shape index (κ3) is 3.27. The minimum atomic E-state index is 0.273. The Morgan fingerprint density at radius 3 is 2.78 bits per heavy atom. The van der Waals surface area contributed by atoms with Crippen molar-refractivity contribution in [3.8, 4) is 11.6 Å². The molecule has 6 nitrogen and oxygen atoms in total. The van der Waals surface area contributed by atoms with Gasteiger partial charge in [0.1, 0.15) is 5.69 Å². The van der Waals surface area contributed by atoms with Crippen LogP contribution in [-0.4, -0.2) is 38.2 Å². The summed E-state index contributed by atoms with van der Waals surface area (Å²) in [5.74, 6) is 2.04. The molecule has 2 fully saturated rings. The highest BCUT2D eigenvalue weighted by molar-refractivity contribution is 5.43. The van der Waals surface area contributed by atoms with Gasteiger partial charge in [-0.25, -0.2) is 4.98 Å². The van der Waals surface area contributed by atoms with Gasteiger partial charge in [0.05, 0.1) is 12.2 Å². The molecule has 4 rings (SSSR count). The number of likely N-dealkylation sites (tertiary alicyclic amines) is 1. The van der Waals surface area contributed by atoms with Gasteiger partial charge in [-0.15, -0.1) is 10.2 Å². The lowest BCUT2D eigenvalue weighted by molar-refractivity contribution is 0.170. The zero-order valence-corrected chi connectivity index (χ0v) is 13.4. The van der Waals surface area contributed by atoms with E-state index in [2.05, 4.69) is 25.1 Å². The van der Waals surface area contributed by atoms with Crippen molar-refractivity contribution in [2.75, 3.05) is 13.1 Å². The standard InChI is InChI=1S/C17H23N5O/c1-2-5-13(6-3-1)12-22-10-4-7-15(22)17-21-20-16(23-17)14-11-18-8-9-19-14/h8-9,11,13,15H,1-7,10,12H2/t15-/m0/s1. The largest absolute Gasteiger partial charge is 0.417 e. The predicted molar refractivity (Wildman–Crippen MR) is 85.4 cm³/mol. The van der Waals surface area contributed by atoms with Gasteiger partial charge < -0.3 is 4.42 Å². The summed E-state index contributed by atoms with van der Waals surface area (Å²) in [6.45, 7) is 2.32. The summed E-state index contributed by atoms with van der Waals surface area (Å²) >= 11 is 0. The Labute approximate surface area is 136 Å². The van der Waals surface area contributed by atoms with Gasteiger partial charge in [0.15, 0.2) is 0 Å². The van der Waals surface area contributed by atoms with E-state index in [1.54, 1.807) is 18.6 Å². The molecule has 1 aliphatic heterocycles. The van der Waals surface area contributed by atoms with E-state index in [0.29, 0.717) is 11.6 Å². The summed E-state index contributed by atoms with van der Waals surface area (Å²) in [6.07, 6.45) is 14.2. The van der Waals surface area contributed by atoms with Crippen molar-refractivity contribution < 1.29 is 4.42 Å². The van der Waals surface area contributed by atoms with E-state index in [4.69, 9.17) is 4.42 Å². The molecule has 0 N–H and O–H groups in total. The molecular formula is C17H23N5O. The van der Waals surface area contributed by atoms with Gasteiger partial charge in [-0.1, -0.05) is 19.3 Å². The van der Waals surface area contributed by atoms with Crippen LogP contribution >= 0.6 is 0 Å². The number of nitrogens with zero attached hydrogens (tertiary/aromatic N) is 5. The highest BCUT2D eigenvalue weighted by Gasteiger charge is 2.32. The molecule has 0 amide bonds. The van der Waals surface area contributed by atoms with Crippen LogP contribution in [0.3, 0.4) is 0 Å². The van der Waals surface area contributed by atoms with Crippen LogP contribution in [0.15, 0.2) is 23.0 Å². The molecule has 2 aromatic rings. The van der Waals surface area contributed by atoms with Crippen LogP contribution in [0.5, 0.6) is 0 Å². The molecule has 0 aromatic carbocycles. The molecule has 23 heavy (non-hydrogen) atoms. The van der Waals surface area contributed by atoms with Crippen molar-refractivity contribution in [3.63, 3.8) is 0 Å². The van der Waals surface area contributed by atoms with Crippen molar-refractivity contribution >= 4 is 0 Å². The van der Waals surface area contributed by atoms with E-state index >= 15 is 0 Å². The summed E-state index contributed by atoms with van der Waals surface area (Å²) in [6, 6.07) is 0.273. The predicted octanol–water partition coefficient (Wildman–Crippen LogP) is 3.24. The average molecular weight is 313 g/mol. The summed E-state index contributed by atoms with van der Waals surface area (Å²) in [5, 5.41) is 8.46. The minimum Gasteiger partial charge on any atom is -0.417 e. The minimum absolute atomic E-state index is 0.273. The SMILES string of the molecule is c1cnc(-c2nnc([C@@H]3CCCN3CC3CCCCC3)o2)cn1. The van der Waals surface area contributed by atoms with E-state index < -0.39 is 0 Å². The molecule has 1 saturated carbocycles. The van der Waals surface area contributed by atoms with E-state index in [-0.39, 0.29) is 6.04 Å². The number of hydrogen-bond donors (Lipinski definition) is 0.